The fourth-order valence-corrected chi connectivity index (χ4v) is 6.66. The molecule has 0 amide bonds. The molecule has 0 aliphatic carbocycles. The third kappa shape index (κ3) is 66.1. The van der Waals surface area contributed by atoms with E-state index in [0.717, 1.165) is 4.90 Å². The molecule has 0 aromatic rings. The maximum atomic E-state index is 11.4. The van der Waals surface area contributed by atoms with Gasteiger partial charge in [0.2, 0.25) is 0 Å². The van der Waals surface area contributed by atoms with Crippen molar-refractivity contribution in [3.05, 3.63) is 0 Å². The molecule has 0 unspecified atom stereocenters. The van der Waals surface area contributed by atoms with Gasteiger partial charge in [0.05, 0.1) is 0 Å². The van der Waals surface area contributed by atoms with Crippen LogP contribution in [0.15, 0.2) is 0 Å². The van der Waals surface area contributed by atoms with Crippen molar-refractivity contribution in [1.29, 1.82) is 0 Å². The average molecular weight is 964 g/mol. The second-order valence-electron chi connectivity index (χ2n) is 6.94. The van der Waals surface area contributed by atoms with Crippen molar-refractivity contribution in [2.24, 2.45) is 0 Å². The van der Waals surface area contributed by atoms with E-state index in [-0.39, 0.29) is 514 Å². The van der Waals surface area contributed by atoms with Gasteiger partial charge in [-0.2, -0.15) is 0 Å². The Morgan fingerprint density at radius 3 is 0.548 bits per heavy atom. The zero-order valence-corrected chi connectivity index (χ0v) is 62.2. The maximum absolute atomic E-state index is 11.4. The molecule has 0 atom stereocenters. The van der Waals surface area contributed by atoms with Crippen molar-refractivity contribution < 1.29 is 71.8 Å². The molecule has 0 aliphatic rings. The Bertz CT molecular complexity index is 754. The second-order valence-corrected chi connectivity index (χ2v) is 15.0. The van der Waals surface area contributed by atoms with Crippen LogP contribution in [0.4, 0.5) is 0 Å². The number of nitrogens with zero attached hydrogens (tertiary/aromatic N) is 3. The zero-order valence-electron chi connectivity index (χ0n) is 26.5. The minimum Gasteiger partial charge on any atom is -0.324 e. The summed E-state index contributed by atoms with van der Waals surface area (Å²) in [5.41, 5.74) is 0. The first-order chi connectivity index (χ1) is 13.9. The summed E-state index contributed by atoms with van der Waals surface area (Å²) in [6, 6.07) is 0. The quantitative estimate of drug-likeness (QED) is 0.0509. The Labute approximate surface area is 671 Å². The molecular weight excluding hydrogens is 936 g/mol. The van der Waals surface area contributed by atoms with Crippen LogP contribution in [0, 0.1) is 0 Å². The van der Waals surface area contributed by atoms with Crippen LogP contribution in [0.3, 0.4) is 0 Å². The Kier molecular flexibility index (Phi) is 91.5. The molecule has 0 bridgehead atoms. The largest absolute Gasteiger partial charge is 0.339 e. The molecule has 0 rings (SSSR count). The summed E-state index contributed by atoms with van der Waals surface area (Å²) in [5, 5.41) is 0. The van der Waals surface area contributed by atoms with Crippen LogP contribution in [0.2, 0.25) is 0 Å². The van der Waals surface area contributed by atoms with Gasteiger partial charge in [-0.05, 0) is 0 Å². The maximum Gasteiger partial charge on any atom is 0.339 e. The minimum atomic E-state index is -4.76. The van der Waals surface area contributed by atoms with Crippen LogP contribution in [-0.2, 0) is 22.8 Å². The fraction of sp³-hybridized carbons (Fsp3) is 1.00. The van der Waals surface area contributed by atoms with E-state index in [1.165, 1.54) is 0 Å². The summed E-state index contributed by atoms with van der Waals surface area (Å²) in [6.07, 6.45) is -5.21. The molecule has 0 aromatic heterocycles. The van der Waals surface area contributed by atoms with Gasteiger partial charge in [-0.1, -0.05) is 0 Å². The van der Waals surface area contributed by atoms with Crippen molar-refractivity contribution >= 4 is 552 Å². The third-order valence-electron chi connectivity index (χ3n) is 3.39. The molecule has 0 saturated carbocycles. The smallest absolute Gasteiger partial charge is 0.324 e. The van der Waals surface area contributed by atoms with Crippen molar-refractivity contribution in [2.45, 2.75) is 0 Å². The molecule has 33 heteroatoms. The molecule has 18 nitrogen and oxygen atoms in total. The molecule has 0 aliphatic heterocycles. The molecule has 10 N–H and O–H groups in total. The van der Waals surface area contributed by atoms with Gasteiger partial charge in [-0.3, -0.25) is 37.5 Å². The second kappa shape index (κ2) is 44.6. The summed E-state index contributed by atoms with van der Waals surface area (Å²) in [6.45, 7) is -1.78. The van der Waals surface area contributed by atoms with Crippen LogP contribution >= 0.6 is 38.0 Å². The van der Waals surface area contributed by atoms with Crippen LogP contribution in [-0.4, -0.2) is 635 Å². The summed E-state index contributed by atoms with van der Waals surface area (Å²) in [5.74, 6) is 0. The summed E-state index contributed by atoms with van der Waals surface area (Å²) in [4.78, 5) is 93.2. The molecular formula is C9H28K10N3O15P5. The predicted octanol–water partition coefficient (Wildman–Crippen LogP) is -6.24. The molecule has 204 valence electrons. The van der Waals surface area contributed by atoms with Crippen molar-refractivity contribution in [3.8, 4) is 0 Å². The van der Waals surface area contributed by atoms with Crippen molar-refractivity contribution in [1.82, 2.24) is 14.7 Å². The van der Waals surface area contributed by atoms with Crippen LogP contribution in [0.25, 0.3) is 0 Å². The molecule has 0 heterocycles. The normalized spacial score (nSPS) is 11.2. The number of rotatable bonds is 16. The van der Waals surface area contributed by atoms with E-state index in [1.54, 1.807) is 0 Å². The zero-order chi connectivity index (χ0) is 25.6. The molecule has 0 saturated heterocycles. The topological polar surface area (TPSA) is 297 Å². The van der Waals surface area contributed by atoms with Crippen LogP contribution in [0.5, 0.6) is 0 Å². The SMILES string of the molecule is O=P(O)(O)CN(CCN(CP(=O)(O)O)CP(=O)(O)O)CCN(CP(=O)(O)O)CP(=O)(O)O.[K].[K].[K].[K].[K].[K].[K].[K].[K].[K]. The van der Waals surface area contributed by atoms with E-state index >= 15 is 0 Å². The first-order valence-corrected chi connectivity index (χ1v) is 17.3. The molecule has 42 heavy (non-hydrogen) atoms. The summed E-state index contributed by atoms with van der Waals surface area (Å²) >= 11 is 0. The first-order valence-electron chi connectivity index (χ1n) is 8.34. The van der Waals surface area contributed by atoms with Crippen LogP contribution < -0.4 is 0 Å². The predicted molar refractivity (Wildman–Crippen MR) is 167 cm³/mol. The van der Waals surface area contributed by atoms with E-state index < -0.39 is 95.6 Å². The van der Waals surface area contributed by atoms with Gasteiger partial charge < -0.3 is 48.9 Å². The Hall–Kier alpha value is 17.0. The Balaban J connectivity index is -0.000000107. The molecule has 0 aromatic carbocycles. The monoisotopic (exact) mass is 963 g/mol. The fourth-order valence-electron chi connectivity index (χ4n) is 2.49. The van der Waals surface area contributed by atoms with E-state index in [4.69, 9.17) is 39.1 Å². The minimum absolute atomic E-state index is 0. The van der Waals surface area contributed by atoms with Crippen molar-refractivity contribution in [3.63, 3.8) is 0 Å². The van der Waals surface area contributed by atoms with Gasteiger partial charge in [0.15, 0.2) is 0 Å². The van der Waals surface area contributed by atoms with E-state index in [1.807, 2.05) is 0 Å². The number of hydrogen-bond acceptors (Lipinski definition) is 8. The van der Waals surface area contributed by atoms with Crippen molar-refractivity contribution in [2.75, 3.05) is 57.6 Å². The molecule has 10 radical (unpaired) electrons. The van der Waals surface area contributed by atoms with E-state index in [9.17, 15) is 32.6 Å². The van der Waals surface area contributed by atoms with Gasteiger partial charge in [-0.15, -0.1) is 0 Å². The van der Waals surface area contributed by atoms with Gasteiger partial charge in [-0.25, -0.2) is 0 Å². The standard InChI is InChI=1S/C9H28N3O15P5.10K/c13-28(14,15)5-10(1-3-11(6-29(16,17)18)7-30(19,20)21)2-4-12(8-31(22,23)24)9-32(25,26)27;;;;;;;;;;/h1-9H2,(H2,13,14,15)(H2,16,17,18)(H2,19,20,21)(H2,22,23,24)(H2,25,26,27);;;;;;;;;;. The van der Waals surface area contributed by atoms with Crippen LogP contribution in [0.1, 0.15) is 0 Å². The molecule has 0 fully saturated rings. The summed E-state index contributed by atoms with van der Waals surface area (Å²) < 4.78 is 56.1. The van der Waals surface area contributed by atoms with E-state index in [0.29, 0.717) is 9.80 Å². The Morgan fingerprint density at radius 2 is 0.405 bits per heavy atom. The number of hydrogen-bond donors (Lipinski definition) is 10. The van der Waals surface area contributed by atoms with E-state index in [2.05, 4.69) is 0 Å². The Morgan fingerprint density at radius 1 is 0.286 bits per heavy atom. The summed E-state index contributed by atoms with van der Waals surface area (Å²) in [7, 11) is -23.8. The molecule has 0 spiro atoms. The first kappa shape index (κ1) is 86.1. The van der Waals surface area contributed by atoms with Gasteiger partial charge in [0.1, 0.15) is 31.4 Å². The van der Waals surface area contributed by atoms with Gasteiger partial charge in [0.25, 0.3) is 0 Å². The van der Waals surface area contributed by atoms with Gasteiger partial charge >= 0.3 is 38.0 Å². The third-order valence-corrected chi connectivity index (χ3v) is 7.23. The van der Waals surface area contributed by atoms with Gasteiger partial charge in [0, 0.05) is 540 Å². The average Bonchev–Trinajstić information content (AvgIpc) is 2.41.